The molecule has 0 nitrogen and oxygen atoms in total. The molecule has 0 aromatic heterocycles. The number of rotatable bonds is 3. The van der Waals surface area contributed by atoms with Gasteiger partial charge in [-0.05, 0) is 71.8 Å². The lowest BCUT2D eigenvalue weighted by Gasteiger charge is -2.18. The molecule has 0 fully saturated rings. The molecule has 0 unspecified atom stereocenters. The fourth-order valence-electron chi connectivity index (χ4n) is 5.56. The second-order valence-corrected chi connectivity index (χ2v) is 9.35. The Morgan fingerprint density at radius 1 is 0.250 bits per heavy atom. The van der Waals surface area contributed by atoms with Crippen molar-refractivity contribution in [3.8, 4) is 33.4 Å². The lowest BCUT2D eigenvalue weighted by atomic mass is 9.85. The van der Waals surface area contributed by atoms with Gasteiger partial charge >= 0.3 is 0 Å². The van der Waals surface area contributed by atoms with Crippen molar-refractivity contribution in [2.24, 2.45) is 0 Å². The molecule has 0 aliphatic carbocycles. The molecule has 0 aliphatic rings. The van der Waals surface area contributed by atoms with Gasteiger partial charge in [0.25, 0.3) is 0 Å². The third kappa shape index (κ3) is 3.39. The molecule has 0 spiro atoms. The Bertz CT molecular complexity index is 1800. The molecule has 0 saturated carbocycles. The van der Waals surface area contributed by atoms with Gasteiger partial charge in [-0.25, -0.2) is 0 Å². The molecule has 0 aliphatic heterocycles. The molecule has 0 atom stereocenters. The van der Waals surface area contributed by atoms with Crippen LogP contribution in [0.2, 0.25) is 0 Å². The molecule has 0 saturated heterocycles. The molecular formula is C36H24. The van der Waals surface area contributed by atoms with Crippen LogP contribution in [0.3, 0.4) is 0 Å². The van der Waals surface area contributed by atoms with Crippen LogP contribution in [0.5, 0.6) is 0 Å². The van der Waals surface area contributed by atoms with E-state index < -0.39 is 0 Å². The zero-order valence-corrected chi connectivity index (χ0v) is 19.9. The van der Waals surface area contributed by atoms with E-state index in [1.165, 1.54) is 65.7 Å². The molecule has 168 valence electrons. The third-order valence-corrected chi connectivity index (χ3v) is 7.25. The van der Waals surface area contributed by atoms with Gasteiger partial charge in [-0.2, -0.15) is 0 Å². The van der Waals surface area contributed by atoms with Gasteiger partial charge in [0.15, 0.2) is 0 Å². The van der Waals surface area contributed by atoms with Gasteiger partial charge in [0.05, 0.1) is 0 Å². The summed E-state index contributed by atoms with van der Waals surface area (Å²) < 4.78 is 0. The van der Waals surface area contributed by atoms with E-state index in [9.17, 15) is 0 Å². The fourth-order valence-corrected chi connectivity index (χ4v) is 5.56. The molecule has 7 aromatic rings. The van der Waals surface area contributed by atoms with Crippen molar-refractivity contribution in [2.75, 3.05) is 0 Å². The van der Waals surface area contributed by atoms with E-state index in [4.69, 9.17) is 0 Å². The Labute approximate surface area is 211 Å². The quantitative estimate of drug-likeness (QED) is 0.232. The first kappa shape index (κ1) is 20.7. The molecule has 0 heterocycles. The number of benzene rings is 7. The summed E-state index contributed by atoms with van der Waals surface area (Å²) >= 11 is 0. The monoisotopic (exact) mass is 456 g/mol. The normalized spacial score (nSPS) is 11.3. The number of hydrogen-bond donors (Lipinski definition) is 0. The van der Waals surface area contributed by atoms with Crippen molar-refractivity contribution in [3.63, 3.8) is 0 Å². The zero-order chi connectivity index (χ0) is 23.9. The van der Waals surface area contributed by atoms with Crippen molar-refractivity contribution >= 4 is 32.3 Å². The maximum absolute atomic E-state index is 2.33. The Hall–Kier alpha value is -4.68. The second kappa shape index (κ2) is 8.52. The van der Waals surface area contributed by atoms with Gasteiger partial charge < -0.3 is 0 Å². The van der Waals surface area contributed by atoms with Gasteiger partial charge in [-0.15, -0.1) is 0 Å². The standard InChI is InChI=1S/C36H24/c1-2-10-25(11-3-1)27-18-21-28(22-19-27)35-31-14-6-8-16-33(31)36(34-17-9-7-15-32(34)35)30-23-20-26-12-4-5-13-29(26)24-30/h1-24H. The topological polar surface area (TPSA) is 0 Å². The predicted octanol–water partition coefficient (Wildman–Crippen LogP) is 10.1. The van der Waals surface area contributed by atoms with E-state index in [2.05, 4.69) is 146 Å². The first-order valence-corrected chi connectivity index (χ1v) is 12.5. The Kier molecular flexibility index (Phi) is 4.89. The summed E-state index contributed by atoms with van der Waals surface area (Å²) in [6.07, 6.45) is 0. The molecule has 7 rings (SSSR count). The van der Waals surface area contributed by atoms with Crippen LogP contribution in [0.15, 0.2) is 146 Å². The summed E-state index contributed by atoms with van der Waals surface area (Å²) in [5.41, 5.74) is 7.58. The maximum atomic E-state index is 2.33. The summed E-state index contributed by atoms with van der Waals surface area (Å²) in [7, 11) is 0. The molecule has 7 aromatic carbocycles. The van der Waals surface area contributed by atoms with E-state index in [-0.39, 0.29) is 0 Å². The van der Waals surface area contributed by atoms with Crippen molar-refractivity contribution in [1.29, 1.82) is 0 Å². The second-order valence-electron chi connectivity index (χ2n) is 9.35. The van der Waals surface area contributed by atoms with Crippen molar-refractivity contribution in [1.82, 2.24) is 0 Å². The summed E-state index contributed by atoms with van der Waals surface area (Å²) in [5, 5.41) is 7.68. The minimum absolute atomic E-state index is 1.24. The van der Waals surface area contributed by atoms with Crippen LogP contribution in [0.4, 0.5) is 0 Å². The van der Waals surface area contributed by atoms with Gasteiger partial charge in [-0.3, -0.25) is 0 Å². The lowest BCUT2D eigenvalue weighted by Crippen LogP contribution is -1.91. The summed E-state index contributed by atoms with van der Waals surface area (Å²) in [5.74, 6) is 0. The Morgan fingerprint density at radius 3 is 1.28 bits per heavy atom. The van der Waals surface area contributed by atoms with E-state index in [0.717, 1.165) is 0 Å². The van der Waals surface area contributed by atoms with Crippen LogP contribution in [-0.4, -0.2) is 0 Å². The van der Waals surface area contributed by atoms with Crippen LogP contribution in [0.1, 0.15) is 0 Å². The van der Waals surface area contributed by atoms with Gasteiger partial charge in [0.1, 0.15) is 0 Å². The van der Waals surface area contributed by atoms with E-state index in [1.54, 1.807) is 0 Å². The average molecular weight is 457 g/mol. The van der Waals surface area contributed by atoms with E-state index in [0.29, 0.717) is 0 Å². The highest BCUT2D eigenvalue weighted by molar-refractivity contribution is 6.21. The van der Waals surface area contributed by atoms with Crippen molar-refractivity contribution < 1.29 is 0 Å². The van der Waals surface area contributed by atoms with E-state index >= 15 is 0 Å². The first-order chi connectivity index (χ1) is 17.9. The molecule has 36 heavy (non-hydrogen) atoms. The maximum Gasteiger partial charge on any atom is -0.00262 e. The molecule has 0 amide bonds. The molecule has 0 heteroatoms. The van der Waals surface area contributed by atoms with Crippen LogP contribution >= 0.6 is 0 Å². The first-order valence-electron chi connectivity index (χ1n) is 12.5. The highest BCUT2D eigenvalue weighted by atomic mass is 14.2. The molecule has 0 N–H and O–H groups in total. The Morgan fingerprint density at radius 2 is 0.667 bits per heavy atom. The lowest BCUT2D eigenvalue weighted by molar-refractivity contribution is 1.61. The SMILES string of the molecule is c1ccc(-c2ccc(-c3c4ccccc4c(-c4ccc5ccccc5c4)c4ccccc34)cc2)cc1. The average Bonchev–Trinajstić information content (AvgIpc) is 2.96. The number of hydrogen-bond acceptors (Lipinski definition) is 0. The summed E-state index contributed by atoms with van der Waals surface area (Å²) in [6, 6.07) is 52.7. The number of fused-ring (bicyclic) bond motifs is 3. The smallest absolute Gasteiger partial charge is 0.00262 e. The highest BCUT2D eigenvalue weighted by Crippen LogP contribution is 2.44. The van der Waals surface area contributed by atoms with E-state index in [1.807, 2.05) is 0 Å². The third-order valence-electron chi connectivity index (χ3n) is 7.25. The summed E-state index contributed by atoms with van der Waals surface area (Å²) in [6.45, 7) is 0. The largest absolute Gasteiger partial charge is 0.0622 e. The van der Waals surface area contributed by atoms with Crippen molar-refractivity contribution in [3.05, 3.63) is 146 Å². The van der Waals surface area contributed by atoms with Crippen molar-refractivity contribution in [2.45, 2.75) is 0 Å². The van der Waals surface area contributed by atoms with Gasteiger partial charge in [0.2, 0.25) is 0 Å². The van der Waals surface area contributed by atoms with Crippen LogP contribution in [0, 0.1) is 0 Å². The van der Waals surface area contributed by atoms with Crippen LogP contribution in [0.25, 0.3) is 65.7 Å². The predicted molar refractivity (Wildman–Crippen MR) is 155 cm³/mol. The Balaban J connectivity index is 1.50. The van der Waals surface area contributed by atoms with Gasteiger partial charge in [0, 0.05) is 0 Å². The zero-order valence-electron chi connectivity index (χ0n) is 19.9. The molecule has 0 radical (unpaired) electrons. The summed E-state index contributed by atoms with van der Waals surface area (Å²) in [4.78, 5) is 0. The molecular weight excluding hydrogens is 432 g/mol. The highest BCUT2D eigenvalue weighted by Gasteiger charge is 2.16. The minimum atomic E-state index is 1.24. The molecule has 0 bridgehead atoms. The fraction of sp³-hybridized carbons (Fsp3) is 0. The van der Waals surface area contributed by atoms with Crippen LogP contribution in [-0.2, 0) is 0 Å². The van der Waals surface area contributed by atoms with Gasteiger partial charge in [-0.1, -0.05) is 140 Å². The minimum Gasteiger partial charge on any atom is -0.0622 e. The van der Waals surface area contributed by atoms with Crippen LogP contribution < -0.4 is 0 Å².